The maximum Gasteiger partial charge on any atom is 0.257 e. The number of thioether (sulfide) groups is 1. The van der Waals surface area contributed by atoms with E-state index in [2.05, 4.69) is 40.1 Å². The van der Waals surface area contributed by atoms with Crippen molar-refractivity contribution < 1.29 is 4.79 Å². The third-order valence-corrected chi connectivity index (χ3v) is 8.38. The molecule has 2 aromatic rings. The van der Waals surface area contributed by atoms with Crippen molar-refractivity contribution in [2.45, 2.75) is 30.2 Å². The molecular weight excluding hydrogens is 398 g/mol. The SMILES string of the molecule is O=C1[C@@H]2CSC3(CCN(CCc4ccccc4)CC3)N2C(=S)N1c1ccccc1. The number of para-hydroxylation sites is 1. The molecule has 2 aromatic carbocycles. The highest BCUT2D eigenvalue weighted by Crippen LogP contribution is 2.50. The molecule has 0 saturated carbocycles. The van der Waals surface area contributed by atoms with E-state index in [4.69, 9.17) is 12.2 Å². The molecule has 1 amide bonds. The van der Waals surface area contributed by atoms with Crippen LogP contribution < -0.4 is 4.90 Å². The second-order valence-electron chi connectivity index (χ2n) is 8.01. The van der Waals surface area contributed by atoms with E-state index in [9.17, 15) is 4.79 Å². The molecule has 3 aliphatic heterocycles. The first-order chi connectivity index (χ1) is 14.2. The van der Waals surface area contributed by atoms with Gasteiger partial charge in [-0.3, -0.25) is 9.69 Å². The molecular formula is C23H25N3OS2. The summed E-state index contributed by atoms with van der Waals surface area (Å²) in [6.45, 7) is 3.21. The molecule has 1 atom stereocenters. The first-order valence-corrected chi connectivity index (χ1v) is 11.7. The highest BCUT2D eigenvalue weighted by molar-refractivity contribution is 8.01. The monoisotopic (exact) mass is 423 g/mol. The number of hydrogen-bond donors (Lipinski definition) is 0. The average molecular weight is 424 g/mol. The quantitative estimate of drug-likeness (QED) is 0.698. The normalized spacial score (nSPS) is 23.8. The number of hydrogen-bond acceptors (Lipinski definition) is 4. The second kappa shape index (κ2) is 7.74. The number of nitrogens with zero attached hydrogens (tertiary/aromatic N) is 3. The minimum absolute atomic E-state index is 0.0236. The van der Waals surface area contributed by atoms with Gasteiger partial charge in [-0.05, 0) is 49.2 Å². The lowest BCUT2D eigenvalue weighted by Crippen LogP contribution is -2.53. The van der Waals surface area contributed by atoms with Gasteiger partial charge in [0.1, 0.15) is 6.04 Å². The number of fused-ring (bicyclic) bond motifs is 2. The summed E-state index contributed by atoms with van der Waals surface area (Å²) in [6.07, 6.45) is 3.20. The zero-order chi connectivity index (χ0) is 19.8. The zero-order valence-electron chi connectivity index (χ0n) is 16.4. The van der Waals surface area contributed by atoms with Crippen molar-refractivity contribution in [3.63, 3.8) is 0 Å². The van der Waals surface area contributed by atoms with E-state index >= 15 is 0 Å². The lowest BCUT2D eigenvalue weighted by Gasteiger charge is -2.44. The predicted molar refractivity (Wildman–Crippen MR) is 123 cm³/mol. The highest BCUT2D eigenvalue weighted by atomic mass is 32.2. The average Bonchev–Trinajstić information content (AvgIpc) is 3.25. The number of piperidine rings is 1. The van der Waals surface area contributed by atoms with Gasteiger partial charge in [0.25, 0.3) is 5.91 Å². The molecule has 150 valence electrons. The third-order valence-electron chi connectivity index (χ3n) is 6.37. The van der Waals surface area contributed by atoms with E-state index in [0.29, 0.717) is 5.11 Å². The lowest BCUT2D eigenvalue weighted by molar-refractivity contribution is -0.119. The summed E-state index contributed by atoms with van der Waals surface area (Å²) in [5.74, 6) is 0.976. The van der Waals surface area contributed by atoms with Gasteiger partial charge < -0.3 is 9.80 Å². The molecule has 0 aromatic heterocycles. The van der Waals surface area contributed by atoms with Gasteiger partial charge >= 0.3 is 0 Å². The predicted octanol–water partition coefficient (Wildman–Crippen LogP) is 3.77. The van der Waals surface area contributed by atoms with Crippen molar-refractivity contribution in [2.24, 2.45) is 0 Å². The Morgan fingerprint density at radius 1 is 1.00 bits per heavy atom. The Kier molecular flexibility index (Phi) is 5.10. The molecule has 1 spiro atoms. The fourth-order valence-corrected chi connectivity index (χ4v) is 6.90. The van der Waals surface area contributed by atoms with Crippen LogP contribution in [0.25, 0.3) is 0 Å². The maximum atomic E-state index is 13.1. The first-order valence-electron chi connectivity index (χ1n) is 10.3. The Hall–Kier alpha value is -1.89. The van der Waals surface area contributed by atoms with Gasteiger partial charge in [-0.1, -0.05) is 48.5 Å². The summed E-state index contributed by atoms with van der Waals surface area (Å²) in [6, 6.07) is 20.4. The number of carbonyl (C=O) groups is 1. The molecule has 29 heavy (non-hydrogen) atoms. The molecule has 3 heterocycles. The van der Waals surface area contributed by atoms with E-state index < -0.39 is 0 Å². The summed E-state index contributed by atoms with van der Waals surface area (Å²) >= 11 is 7.78. The molecule has 6 heteroatoms. The fraction of sp³-hybridized carbons (Fsp3) is 0.391. The van der Waals surface area contributed by atoms with Crippen LogP contribution in [0.5, 0.6) is 0 Å². The summed E-state index contributed by atoms with van der Waals surface area (Å²) in [5, 5.41) is 0.689. The van der Waals surface area contributed by atoms with E-state index in [1.54, 1.807) is 4.90 Å². The molecule has 0 radical (unpaired) electrons. The van der Waals surface area contributed by atoms with Gasteiger partial charge in [-0.2, -0.15) is 0 Å². The molecule has 3 saturated heterocycles. The number of anilines is 1. The first kappa shape index (κ1) is 19.1. The van der Waals surface area contributed by atoms with Gasteiger partial charge in [0, 0.05) is 25.4 Å². The van der Waals surface area contributed by atoms with Crippen molar-refractivity contribution in [2.75, 3.05) is 30.3 Å². The molecule has 0 bridgehead atoms. The molecule has 3 aliphatic rings. The van der Waals surface area contributed by atoms with Crippen LogP contribution in [0.3, 0.4) is 0 Å². The number of benzene rings is 2. The van der Waals surface area contributed by atoms with E-state index in [-0.39, 0.29) is 16.8 Å². The Morgan fingerprint density at radius 2 is 1.66 bits per heavy atom. The largest absolute Gasteiger partial charge is 0.321 e. The fourth-order valence-electron chi connectivity index (χ4n) is 4.76. The number of rotatable bonds is 4. The maximum absolute atomic E-state index is 13.1. The number of carbonyl (C=O) groups excluding carboxylic acids is 1. The van der Waals surface area contributed by atoms with Crippen LogP contribution in [0.1, 0.15) is 18.4 Å². The van der Waals surface area contributed by atoms with Crippen molar-refractivity contribution in [1.82, 2.24) is 9.80 Å². The molecule has 4 nitrogen and oxygen atoms in total. The molecule has 0 aliphatic carbocycles. The number of amides is 1. The van der Waals surface area contributed by atoms with Crippen LogP contribution in [-0.2, 0) is 11.2 Å². The summed E-state index contributed by atoms with van der Waals surface area (Å²) in [4.78, 5) is 19.7. The van der Waals surface area contributed by atoms with E-state index in [0.717, 1.165) is 50.3 Å². The van der Waals surface area contributed by atoms with Crippen LogP contribution >= 0.6 is 24.0 Å². The topological polar surface area (TPSA) is 26.8 Å². The Labute approximate surface area is 181 Å². The summed E-state index contributed by atoms with van der Waals surface area (Å²) in [5.41, 5.74) is 2.28. The zero-order valence-corrected chi connectivity index (χ0v) is 18.0. The highest BCUT2D eigenvalue weighted by Gasteiger charge is 2.58. The third kappa shape index (κ3) is 3.37. The van der Waals surface area contributed by atoms with Crippen molar-refractivity contribution in [3.8, 4) is 0 Å². The smallest absolute Gasteiger partial charge is 0.257 e. The molecule has 5 rings (SSSR count). The van der Waals surface area contributed by atoms with E-state index in [1.807, 2.05) is 42.1 Å². The Bertz CT molecular complexity index is 897. The Morgan fingerprint density at radius 3 is 2.34 bits per heavy atom. The standard InChI is InChI=1S/C23H25N3OS2/c27-21-20-17-29-23(26(20)22(28)25(21)19-9-5-2-6-10-19)12-15-24(16-13-23)14-11-18-7-3-1-4-8-18/h1-10,20H,11-17H2/t20-/m0/s1. The van der Waals surface area contributed by atoms with Gasteiger partial charge in [-0.25, -0.2) is 0 Å². The van der Waals surface area contributed by atoms with Gasteiger partial charge in [0.05, 0.1) is 10.6 Å². The molecule has 3 fully saturated rings. The van der Waals surface area contributed by atoms with Crippen molar-refractivity contribution in [3.05, 3.63) is 66.2 Å². The minimum Gasteiger partial charge on any atom is -0.321 e. The number of likely N-dealkylation sites (tertiary alicyclic amines) is 1. The lowest BCUT2D eigenvalue weighted by atomic mass is 10.0. The van der Waals surface area contributed by atoms with Crippen LogP contribution in [0.15, 0.2) is 60.7 Å². The summed E-state index contributed by atoms with van der Waals surface area (Å²) < 4.78 is 0. The van der Waals surface area contributed by atoms with Crippen molar-refractivity contribution in [1.29, 1.82) is 0 Å². The summed E-state index contributed by atoms with van der Waals surface area (Å²) in [7, 11) is 0. The minimum atomic E-state index is -0.108. The van der Waals surface area contributed by atoms with Crippen LogP contribution in [-0.4, -0.2) is 57.1 Å². The Balaban J connectivity index is 1.27. The number of thiocarbonyl (C=S) groups is 1. The van der Waals surface area contributed by atoms with Gasteiger partial charge in [0.15, 0.2) is 5.11 Å². The van der Waals surface area contributed by atoms with Crippen molar-refractivity contribution >= 4 is 40.7 Å². The van der Waals surface area contributed by atoms with Gasteiger partial charge in [-0.15, -0.1) is 11.8 Å². The molecule has 0 unspecified atom stereocenters. The van der Waals surface area contributed by atoms with Gasteiger partial charge in [0.2, 0.25) is 0 Å². The van der Waals surface area contributed by atoms with Crippen LogP contribution in [0.2, 0.25) is 0 Å². The van der Waals surface area contributed by atoms with E-state index in [1.165, 1.54) is 5.56 Å². The van der Waals surface area contributed by atoms with Crippen LogP contribution in [0.4, 0.5) is 5.69 Å². The molecule has 0 N–H and O–H groups in total. The van der Waals surface area contributed by atoms with Crippen LogP contribution in [0, 0.1) is 0 Å². The second-order valence-corrected chi connectivity index (χ2v) is 9.76.